The van der Waals surface area contributed by atoms with Crippen LogP contribution in [0.4, 0.5) is 0 Å². The molecule has 1 aliphatic rings. The van der Waals surface area contributed by atoms with Gasteiger partial charge in [-0.05, 0) is 63.1 Å². The lowest BCUT2D eigenvalue weighted by molar-refractivity contribution is -0.135. The van der Waals surface area contributed by atoms with Gasteiger partial charge in [0.05, 0.1) is 24.8 Å². The quantitative estimate of drug-likeness (QED) is 0.546. The zero-order valence-corrected chi connectivity index (χ0v) is 19.9. The standard InChI is InChI=1S/C27H33N3O3/c1-19-5-7-21(8-6-19)27(2,3)26(31)30-15-13-20(18-30)25-17-22(28-29-25)14-16-33-24-11-9-23(32-4)10-12-24/h5-12,17,20H,13-16,18H2,1-4H3,(H,28,29)/t20-/m1/s1. The van der Waals surface area contributed by atoms with E-state index in [0.29, 0.717) is 13.2 Å². The molecule has 1 atom stereocenters. The van der Waals surface area contributed by atoms with Crippen LogP contribution in [-0.4, -0.2) is 47.8 Å². The van der Waals surface area contributed by atoms with Gasteiger partial charge < -0.3 is 14.4 Å². The van der Waals surface area contributed by atoms with Crippen LogP contribution in [0.25, 0.3) is 0 Å². The van der Waals surface area contributed by atoms with E-state index in [1.165, 1.54) is 5.56 Å². The first-order chi connectivity index (χ1) is 15.9. The number of nitrogens with zero attached hydrogens (tertiary/aromatic N) is 2. The van der Waals surface area contributed by atoms with Crippen LogP contribution in [0.5, 0.6) is 11.5 Å². The molecule has 1 N–H and O–H groups in total. The summed E-state index contributed by atoms with van der Waals surface area (Å²) in [6.45, 7) is 8.13. The molecule has 0 spiro atoms. The molecule has 0 saturated carbocycles. The first-order valence-corrected chi connectivity index (χ1v) is 11.5. The van der Waals surface area contributed by atoms with E-state index in [4.69, 9.17) is 9.47 Å². The van der Waals surface area contributed by atoms with E-state index in [2.05, 4.69) is 47.5 Å². The second kappa shape index (κ2) is 9.69. The maximum atomic E-state index is 13.3. The van der Waals surface area contributed by atoms with E-state index in [0.717, 1.165) is 47.8 Å². The van der Waals surface area contributed by atoms with Crippen LogP contribution in [0, 0.1) is 6.92 Å². The highest BCUT2D eigenvalue weighted by atomic mass is 16.5. The number of aryl methyl sites for hydroxylation is 1. The van der Waals surface area contributed by atoms with E-state index >= 15 is 0 Å². The average Bonchev–Trinajstić information content (AvgIpc) is 3.49. The van der Waals surface area contributed by atoms with Crippen molar-refractivity contribution in [3.05, 3.63) is 77.1 Å². The minimum absolute atomic E-state index is 0.178. The van der Waals surface area contributed by atoms with E-state index in [1.807, 2.05) is 43.0 Å². The Morgan fingerprint density at radius 2 is 1.82 bits per heavy atom. The molecular formula is C27H33N3O3. The molecule has 1 aromatic heterocycles. The van der Waals surface area contributed by atoms with Crippen molar-refractivity contribution in [2.24, 2.45) is 0 Å². The van der Waals surface area contributed by atoms with Crippen molar-refractivity contribution in [1.82, 2.24) is 15.1 Å². The zero-order chi connectivity index (χ0) is 23.4. The summed E-state index contributed by atoms with van der Waals surface area (Å²) in [6.07, 6.45) is 1.68. The largest absolute Gasteiger partial charge is 0.497 e. The molecule has 0 bridgehead atoms. The van der Waals surface area contributed by atoms with Gasteiger partial charge in [0, 0.05) is 31.1 Å². The van der Waals surface area contributed by atoms with Gasteiger partial charge in [0.2, 0.25) is 5.91 Å². The fourth-order valence-corrected chi connectivity index (χ4v) is 4.34. The monoisotopic (exact) mass is 447 g/mol. The summed E-state index contributed by atoms with van der Waals surface area (Å²) in [5.74, 6) is 2.07. The SMILES string of the molecule is COc1ccc(OCCc2cc([C@@H]3CCN(C(=O)C(C)(C)c4ccc(C)cc4)C3)n[nH]2)cc1. The number of ether oxygens (including phenoxy) is 2. The van der Waals surface area contributed by atoms with Crippen molar-refractivity contribution >= 4 is 5.91 Å². The number of carbonyl (C=O) groups is 1. The third-order valence-corrected chi connectivity index (χ3v) is 6.55. The molecule has 0 aliphatic carbocycles. The van der Waals surface area contributed by atoms with Crippen molar-refractivity contribution < 1.29 is 14.3 Å². The number of aromatic nitrogens is 2. The van der Waals surface area contributed by atoms with Crippen LogP contribution >= 0.6 is 0 Å². The summed E-state index contributed by atoms with van der Waals surface area (Å²) < 4.78 is 11.0. The van der Waals surface area contributed by atoms with Crippen LogP contribution in [0.2, 0.25) is 0 Å². The second-order valence-electron chi connectivity index (χ2n) is 9.32. The van der Waals surface area contributed by atoms with E-state index in [-0.39, 0.29) is 11.8 Å². The van der Waals surface area contributed by atoms with Gasteiger partial charge >= 0.3 is 0 Å². The Morgan fingerprint density at radius 3 is 2.52 bits per heavy atom. The van der Waals surface area contributed by atoms with Gasteiger partial charge in [-0.1, -0.05) is 29.8 Å². The summed E-state index contributed by atoms with van der Waals surface area (Å²) in [5, 5.41) is 7.67. The Bertz CT molecular complexity index is 1070. The first-order valence-electron chi connectivity index (χ1n) is 11.5. The highest BCUT2D eigenvalue weighted by Gasteiger charge is 2.37. The summed E-state index contributed by atoms with van der Waals surface area (Å²) in [5.41, 5.74) is 3.78. The van der Waals surface area contributed by atoms with E-state index in [9.17, 15) is 4.79 Å². The number of amides is 1. The molecule has 1 saturated heterocycles. The number of aromatic amines is 1. The molecule has 3 aromatic rings. The van der Waals surface area contributed by atoms with Gasteiger partial charge in [0.15, 0.2) is 0 Å². The van der Waals surface area contributed by atoms with Crippen LogP contribution in [0.3, 0.4) is 0 Å². The number of likely N-dealkylation sites (tertiary alicyclic amines) is 1. The Kier molecular flexibility index (Phi) is 6.72. The highest BCUT2D eigenvalue weighted by Crippen LogP contribution is 2.32. The zero-order valence-electron chi connectivity index (χ0n) is 19.9. The third kappa shape index (κ3) is 5.21. The Labute approximate surface area is 195 Å². The lowest BCUT2D eigenvalue weighted by atomic mass is 9.83. The Morgan fingerprint density at radius 1 is 1.12 bits per heavy atom. The molecule has 0 radical (unpaired) electrons. The minimum Gasteiger partial charge on any atom is -0.497 e. The van der Waals surface area contributed by atoms with Gasteiger partial charge in [0.1, 0.15) is 11.5 Å². The Hall–Kier alpha value is -3.28. The molecule has 2 aromatic carbocycles. The minimum atomic E-state index is -0.544. The van der Waals surface area contributed by atoms with Gasteiger partial charge in [-0.3, -0.25) is 9.89 Å². The number of benzene rings is 2. The van der Waals surface area contributed by atoms with E-state index < -0.39 is 5.41 Å². The van der Waals surface area contributed by atoms with Gasteiger partial charge in [0.25, 0.3) is 0 Å². The molecule has 4 rings (SSSR count). The van der Waals surface area contributed by atoms with Crippen molar-refractivity contribution in [2.45, 2.75) is 44.9 Å². The molecule has 2 heterocycles. The van der Waals surface area contributed by atoms with Crippen LogP contribution < -0.4 is 9.47 Å². The number of hydrogen-bond donors (Lipinski definition) is 1. The molecule has 33 heavy (non-hydrogen) atoms. The summed E-state index contributed by atoms with van der Waals surface area (Å²) in [4.78, 5) is 15.3. The summed E-state index contributed by atoms with van der Waals surface area (Å²) in [6, 6.07) is 18.0. The predicted molar refractivity (Wildman–Crippen MR) is 129 cm³/mol. The van der Waals surface area contributed by atoms with Crippen molar-refractivity contribution in [2.75, 3.05) is 26.8 Å². The number of H-pyrrole nitrogens is 1. The topological polar surface area (TPSA) is 67.5 Å². The molecule has 1 fully saturated rings. The maximum absolute atomic E-state index is 13.3. The number of methoxy groups -OCH3 is 1. The third-order valence-electron chi connectivity index (χ3n) is 6.55. The van der Waals surface area contributed by atoms with E-state index in [1.54, 1.807) is 7.11 Å². The Balaban J connectivity index is 1.31. The van der Waals surface area contributed by atoms with Crippen LogP contribution in [-0.2, 0) is 16.6 Å². The first kappa shape index (κ1) is 22.9. The lowest BCUT2D eigenvalue weighted by Gasteiger charge is -2.30. The molecule has 6 nitrogen and oxygen atoms in total. The smallest absolute Gasteiger partial charge is 0.232 e. The van der Waals surface area contributed by atoms with Crippen molar-refractivity contribution in [3.63, 3.8) is 0 Å². The van der Waals surface area contributed by atoms with Crippen molar-refractivity contribution in [1.29, 1.82) is 0 Å². The average molecular weight is 448 g/mol. The number of carbonyl (C=O) groups excluding carboxylic acids is 1. The highest BCUT2D eigenvalue weighted by molar-refractivity contribution is 5.87. The summed E-state index contributed by atoms with van der Waals surface area (Å²) >= 11 is 0. The van der Waals surface area contributed by atoms with Gasteiger partial charge in [-0.2, -0.15) is 5.10 Å². The number of nitrogens with one attached hydrogen (secondary N) is 1. The van der Waals surface area contributed by atoms with Gasteiger partial charge in [-0.25, -0.2) is 0 Å². The van der Waals surface area contributed by atoms with Crippen LogP contribution in [0.1, 0.15) is 48.7 Å². The molecule has 0 unspecified atom stereocenters. The van der Waals surface area contributed by atoms with Gasteiger partial charge in [-0.15, -0.1) is 0 Å². The molecule has 174 valence electrons. The number of hydrogen-bond acceptors (Lipinski definition) is 4. The molecule has 1 aliphatic heterocycles. The molecular weight excluding hydrogens is 414 g/mol. The molecule has 1 amide bonds. The normalized spacial score (nSPS) is 16.1. The maximum Gasteiger partial charge on any atom is 0.232 e. The molecule has 6 heteroatoms. The van der Waals surface area contributed by atoms with Crippen molar-refractivity contribution in [3.8, 4) is 11.5 Å². The lowest BCUT2D eigenvalue weighted by Crippen LogP contribution is -2.42. The fraction of sp³-hybridized carbons (Fsp3) is 0.407. The van der Waals surface area contributed by atoms with Crippen LogP contribution in [0.15, 0.2) is 54.6 Å². The number of rotatable bonds is 8. The summed E-state index contributed by atoms with van der Waals surface area (Å²) in [7, 11) is 1.65. The predicted octanol–water partition coefficient (Wildman–Crippen LogP) is 4.64. The second-order valence-corrected chi connectivity index (χ2v) is 9.32. The fourth-order valence-electron chi connectivity index (χ4n) is 4.34.